The summed E-state index contributed by atoms with van der Waals surface area (Å²) in [7, 11) is 0. The van der Waals surface area contributed by atoms with Crippen LogP contribution in [0.25, 0.3) is 0 Å². The van der Waals surface area contributed by atoms with Crippen molar-refractivity contribution in [2.75, 3.05) is 19.6 Å². The summed E-state index contributed by atoms with van der Waals surface area (Å²) in [6.07, 6.45) is 5.07. The molecule has 0 aliphatic carbocycles. The Morgan fingerprint density at radius 1 is 1.15 bits per heavy atom. The van der Waals surface area contributed by atoms with E-state index in [9.17, 15) is 4.79 Å². The molecule has 0 rings (SSSR count). The molecule has 0 fully saturated rings. The Morgan fingerprint density at radius 2 is 1.92 bits per heavy atom. The predicted octanol–water partition coefficient (Wildman–Crippen LogP) is 0.825. The highest BCUT2D eigenvalue weighted by atomic mass is 16.2. The average Bonchev–Trinajstić information content (AvgIpc) is 2.09. The number of carbonyl (C=O) groups is 1. The van der Waals surface area contributed by atoms with Gasteiger partial charge in [0, 0.05) is 13.1 Å². The summed E-state index contributed by atoms with van der Waals surface area (Å²) in [4.78, 5) is 10.3. The van der Waals surface area contributed by atoms with Crippen molar-refractivity contribution in [3.8, 4) is 0 Å². The van der Waals surface area contributed by atoms with Gasteiger partial charge in [0.1, 0.15) is 0 Å². The molecule has 0 aromatic heterocycles. The second-order valence-corrected chi connectivity index (χ2v) is 3.10. The molecule has 4 nitrogen and oxygen atoms in total. The van der Waals surface area contributed by atoms with Crippen LogP contribution in [0.15, 0.2) is 0 Å². The lowest BCUT2D eigenvalue weighted by Gasteiger charge is -2.04. The number of urea groups is 1. The largest absolute Gasteiger partial charge is 0.352 e. The van der Waals surface area contributed by atoms with E-state index in [0.717, 1.165) is 13.1 Å². The molecule has 4 heteroatoms. The monoisotopic (exact) mass is 187 g/mol. The van der Waals surface area contributed by atoms with E-state index in [1.807, 2.05) is 0 Å². The van der Waals surface area contributed by atoms with E-state index < -0.39 is 6.03 Å². The number of rotatable bonds is 8. The molecule has 0 radical (unpaired) electrons. The van der Waals surface area contributed by atoms with Crippen molar-refractivity contribution in [2.24, 2.45) is 5.73 Å². The summed E-state index contributed by atoms with van der Waals surface area (Å²) in [5.74, 6) is 0. The highest BCUT2D eigenvalue weighted by Gasteiger charge is 1.90. The van der Waals surface area contributed by atoms with Gasteiger partial charge in [-0.15, -0.1) is 0 Å². The molecule has 0 spiro atoms. The molecule has 0 unspecified atom stereocenters. The molecule has 0 aromatic rings. The highest BCUT2D eigenvalue weighted by Crippen LogP contribution is 1.96. The maximum absolute atomic E-state index is 10.3. The standard InChI is InChI=1S/C9H21N3O/c1-2-3-4-5-6-11-7-8-12-9(10)13/h11H,2-8H2,1H3,(H3,10,12,13). The Bertz CT molecular complexity index is 128. The molecular formula is C9H21N3O. The molecule has 0 saturated heterocycles. The number of unbranched alkanes of at least 4 members (excludes halogenated alkanes) is 3. The summed E-state index contributed by atoms with van der Waals surface area (Å²) in [6, 6.07) is -0.451. The molecule has 2 amide bonds. The molecule has 0 aliphatic heterocycles. The van der Waals surface area contributed by atoms with Crippen molar-refractivity contribution < 1.29 is 4.79 Å². The zero-order valence-corrected chi connectivity index (χ0v) is 8.44. The smallest absolute Gasteiger partial charge is 0.312 e. The van der Waals surface area contributed by atoms with Crippen LogP contribution in [0.1, 0.15) is 32.6 Å². The van der Waals surface area contributed by atoms with E-state index in [-0.39, 0.29) is 0 Å². The first kappa shape index (κ1) is 12.2. The van der Waals surface area contributed by atoms with Crippen LogP contribution in [-0.2, 0) is 0 Å². The Hall–Kier alpha value is -0.770. The molecule has 13 heavy (non-hydrogen) atoms. The number of hydrogen-bond acceptors (Lipinski definition) is 2. The van der Waals surface area contributed by atoms with Crippen LogP contribution in [0.2, 0.25) is 0 Å². The van der Waals surface area contributed by atoms with Crippen molar-refractivity contribution in [3.63, 3.8) is 0 Å². The summed E-state index contributed by atoms with van der Waals surface area (Å²) >= 11 is 0. The lowest BCUT2D eigenvalue weighted by atomic mass is 10.2. The van der Waals surface area contributed by atoms with Gasteiger partial charge in [0.15, 0.2) is 0 Å². The fraction of sp³-hybridized carbons (Fsp3) is 0.889. The number of amides is 2. The Morgan fingerprint density at radius 3 is 2.54 bits per heavy atom. The van der Waals surface area contributed by atoms with Crippen molar-refractivity contribution >= 4 is 6.03 Å². The minimum Gasteiger partial charge on any atom is -0.352 e. The van der Waals surface area contributed by atoms with Crippen molar-refractivity contribution in [1.82, 2.24) is 10.6 Å². The number of nitrogens with one attached hydrogen (secondary N) is 2. The minimum atomic E-state index is -0.451. The van der Waals surface area contributed by atoms with Gasteiger partial charge in [-0.1, -0.05) is 26.2 Å². The third-order valence-corrected chi connectivity index (χ3v) is 1.81. The highest BCUT2D eigenvalue weighted by molar-refractivity contribution is 5.71. The first-order valence-electron chi connectivity index (χ1n) is 5.01. The summed E-state index contributed by atoms with van der Waals surface area (Å²) in [5, 5.41) is 5.75. The van der Waals surface area contributed by atoms with Crippen LogP contribution >= 0.6 is 0 Å². The third kappa shape index (κ3) is 11.2. The first-order chi connectivity index (χ1) is 6.27. The van der Waals surface area contributed by atoms with Crippen LogP contribution < -0.4 is 16.4 Å². The van der Waals surface area contributed by atoms with Crippen molar-refractivity contribution in [1.29, 1.82) is 0 Å². The SMILES string of the molecule is CCCCCCNCCNC(N)=O. The molecule has 0 heterocycles. The van der Waals surface area contributed by atoms with Gasteiger partial charge in [0.25, 0.3) is 0 Å². The van der Waals surface area contributed by atoms with Crippen LogP contribution in [0.4, 0.5) is 4.79 Å². The van der Waals surface area contributed by atoms with E-state index in [1.54, 1.807) is 0 Å². The molecule has 0 aliphatic rings. The Balaban J connectivity index is 2.87. The van der Waals surface area contributed by atoms with Gasteiger partial charge in [0.05, 0.1) is 0 Å². The number of nitrogens with two attached hydrogens (primary N) is 1. The van der Waals surface area contributed by atoms with E-state index >= 15 is 0 Å². The molecule has 0 atom stereocenters. The normalized spacial score (nSPS) is 9.92. The lowest BCUT2D eigenvalue weighted by Crippen LogP contribution is -2.35. The Labute approximate surface area is 80.3 Å². The van der Waals surface area contributed by atoms with Crippen molar-refractivity contribution in [2.45, 2.75) is 32.6 Å². The van der Waals surface area contributed by atoms with Gasteiger partial charge in [0.2, 0.25) is 0 Å². The van der Waals surface area contributed by atoms with Gasteiger partial charge < -0.3 is 16.4 Å². The van der Waals surface area contributed by atoms with Gasteiger partial charge >= 0.3 is 6.03 Å². The zero-order valence-electron chi connectivity index (χ0n) is 8.44. The van der Waals surface area contributed by atoms with Gasteiger partial charge in [-0.05, 0) is 13.0 Å². The summed E-state index contributed by atoms with van der Waals surface area (Å²) in [5.41, 5.74) is 4.90. The fourth-order valence-corrected chi connectivity index (χ4v) is 1.08. The quantitative estimate of drug-likeness (QED) is 0.493. The number of primary amides is 1. The molecule has 0 saturated carbocycles. The second kappa shape index (κ2) is 9.32. The van der Waals surface area contributed by atoms with Crippen molar-refractivity contribution in [3.05, 3.63) is 0 Å². The topological polar surface area (TPSA) is 67.2 Å². The van der Waals surface area contributed by atoms with Gasteiger partial charge in [-0.3, -0.25) is 0 Å². The molecule has 4 N–H and O–H groups in total. The number of hydrogen-bond donors (Lipinski definition) is 3. The van der Waals surface area contributed by atoms with Crippen LogP contribution in [0.3, 0.4) is 0 Å². The van der Waals surface area contributed by atoms with Gasteiger partial charge in [-0.2, -0.15) is 0 Å². The molecular weight excluding hydrogens is 166 g/mol. The summed E-state index contributed by atoms with van der Waals surface area (Å²) in [6.45, 7) is 4.64. The van der Waals surface area contributed by atoms with E-state index in [4.69, 9.17) is 5.73 Å². The Kier molecular flexibility index (Phi) is 8.77. The maximum atomic E-state index is 10.3. The van der Waals surface area contributed by atoms with Gasteiger partial charge in [-0.25, -0.2) is 4.79 Å². The van der Waals surface area contributed by atoms with Crippen LogP contribution in [0.5, 0.6) is 0 Å². The van der Waals surface area contributed by atoms with Crippen LogP contribution in [-0.4, -0.2) is 25.7 Å². The van der Waals surface area contributed by atoms with Crippen LogP contribution in [0, 0.1) is 0 Å². The molecule has 0 bridgehead atoms. The average molecular weight is 187 g/mol. The number of carbonyl (C=O) groups excluding carboxylic acids is 1. The zero-order chi connectivity index (χ0) is 9.94. The second-order valence-electron chi connectivity index (χ2n) is 3.10. The fourth-order valence-electron chi connectivity index (χ4n) is 1.08. The molecule has 0 aromatic carbocycles. The van der Waals surface area contributed by atoms with E-state index in [1.165, 1.54) is 25.7 Å². The van der Waals surface area contributed by atoms with E-state index in [0.29, 0.717) is 6.54 Å². The summed E-state index contributed by atoms with van der Waals surface area (Å²) < 4.78 is 0. The van der Waals surface area contributed by atoms with E-state index in [2.05, 4.69) is 17.6 Å². The lowest BCUT2D eigenvalue weighted by molar-refractivity contribution is 0.249. The third-order valence-electron chi connectivity index (χ3n) is 1.81. The predicted molar refractivity (Wildman–Crippen MR) is 54.6 cm³/mol. The first-order valence-corrected chi connectivity index (χ1v) is 5.01. The minimum absolute atomic E-state index is 0.451. The maximum Gasteiger partial charge on any atom is 0.312 e. The molecule has 78 valence electrons.